The lowest BCUT2D eigenvalue weighted by molar-refractivity contribution is 0.454. The Kier molecular flexibility index (Phi) is 3.08. The van der Waals surface area contributed by atoms with E-state index in [1.807, 2.05) is 13.0 Å². The van der Waals surface area contributed by atoms with Gasteiger partial charge in [-0.15, -0.1) is 0 Å². The SMILES string of the molecule is Cc1cc2c(cc1NS(C)(=O)=O)N(C)C(C)C2(C)C. The molecule has 0 saturated heterocycles. The predicted octanol–water partition coefficient (Wildman–Crippen LogP) is 2.48. The van der Waals surface area contributed by atoms with Crippen LogP contribution < -0.4 is 9.62 Å². The smallest absolute Gasteiger partial charge is 0.229 e. The molecule has 106 valence electrons. The molecule has 0 amide bonds. The quantitative estimate of drug-likeness (QED) is 0.906. The molecule has 0 aliphatic carbocycles. The van der Waals surface area contributed by atoms with Crippen molar-refractivity contribution in [3.8, 4) is 0 Å². The van der Waals surface area contributed by atoms with E-state index < -0.39 is 10.0 Å². The largest absolute Gasteiger partial charge is 0.371 e. The number of anilines is 2. The van der Waals surface area contributed by atoms with E-state index in [0.29, 0.717) is 11.7 Å². The highest BCUT2D eigenvalue weighted by molar-refractivity contribution is 7.92. The molecule has 1 N–H and O–H groups in total. The van der Waals surface area contributed by atoms with Gasteiger partial charge < -0.3 is 4.90 Å². The second-order valence-electron chi connectivity index (χ2n) is 6.07. The number of nitrogens with one attached hydrogen (secondary N) is 1. The van der Waals surface area contributed by atoms with E-state index in [4.69, 9.17) is 0 Å². The fourth-order valence-electron chi connectivity index (χ4n) is 2.73. The summed E-state index contributed by atoms with van der Waals surface area (Å²) in [5.74, 6) is 0. The number of aryl methyl sites for hydroxylation is 1. The van der Waals surface area contributed by atoms with E-state index in [-0.39, 0.29) is 5.41 Å². The Morgan fingerprint density at radius 2 is 1.89 bits per heavy atom. The van der Waals surface area contributed by atoms with E-state index in [0.717, 1.165) is 11.3 Å². The highest BCUT2D eigenvalue weighted by atomic mass is 32.2. The first-order valence-corrected chi connectivity index (χ1v) is 8.29. The van der Waals surface area contributed by atoms with E-state index in [1.54, 1.807) is 0 Å². The molecule has 1 heterocycles. The van der Waals surface area contributed by atoms with Crippen molar-refractivity contribution in [1.29, 1.82) is 0 Å². The molecule has 5 heteroatoms. The minimum Gasteiger partial charge on any atom is -0.371 e. The van der Waals surface area contributed by atoms with Crippen LogP contribution in [0.4, 0.5) is 11.4 Å². The summed E-state index contributed by atoms with van der Waals surface area (Å²) in [6, 6.07) is 4.43. The number of benzene rings is 1. The average Bonchev–Trinajstić information content (AvgIpc) is 2.41. The van der Waals surface area contributed by atoms with Gasteiger partial charge >= 0.3 is 0 Å². The van der Waals surface area contributed by atoms with Crippen molar-refractivity contribution < 1.29 is 8.42 Å². The van der Waals surface area contributed by atoms with Gasteiger partial charge in [0.05, 0.1) is 11.9 Å². The normalized spacial score (nSPS) is 21.4. The molecule has 19 heavy (non-hydrogen) atoms. The highest BCUT2D eigenvalue weighted by Crippen LogP contribution is 2.46. The van der Waals surface area contributed by atoms with Gasteiger partial charge in [0.25, 0.3) is 0 Å². The van der Waals surface area contributed by atoms with Crippen molar-refractivity contribution >= 4 is 21.4 Å². The molecule has 0 saturated carbocycles. The van der Waals surface area contributed by atoms with Gasteiger partial charge in [-0.05, 0) is 31.0 Å². The van der Waals surface area contributed by atoms with Gasteiger partial charge in [-0.2, -0.15) is 0 Å². The van der Waals surface area contributed by atoms with Crippen LogP contribution in [0.1, 0.15) is 31.9 Å². The summed E-state index contributed by atoms with van der Waals surface area (Å²) in [5, 5.41) is 0. The van der Waals surface area contributed by atoms with Crippen LogP contribution in [-0.4, -0.2) is 27.8 Å². The highest BCUT2D eigenvalue weighted by Gasteiger charge is 2.40. The molecule has 1 atom stereocenters. The fourth-order valence-corrected chi connectivity index (χ4v) is 3.35. The molecule has 0 fully saturated rings. The van der Waals surface area contributed by atoms with E-state index in [1.165, 1.54) is 11.8 Å². The van der Waals surface area contributed by atoms with Gasteiger partial charge in [-0.3, -0.25) is 4.72 Å². The second kappa shape index (κ2) is 4.13. The van der Waals surface area contributed by atoms with Gasteiger partial charge in [-0.25, -0.2) is 8.42 Å². The zero-order valence-corrected chi connectivity index (χ0v) is 13.2. The summed E-state index contributed by atoms with van der Waals surface area (Å²) < 4.78 is 25.4. The monoisotopic (exact) mass is 282 g/mol. The molecule has 0 bridgehead atoms. The molecular weight excluding hydrogens is 260 g/mol. The Morgan fingerprint density at radius 1 is 1.32 bits per heavy atom. The number of likely N-dealkylation sites (N-methyl/N-ethyl adjacent to an activating group) is 1. The summed E-state index contributed by atoms with van der Waals surface area (Å²) in [7, 11) is -1.19. The molecule has 4 nitrogen and oxygen atoms in total. The molecule has 0 radical (unpaired) electrons. The topological polar surface area (TPSA) is 49.4 Å². The minimum atomic E-state index is -3.25. The molecule has 0 aromatic heterocycles. The Balaban J connectivity index is 2.57. The van der Waals surface area contributed by atoms with Crippen LogP contribution in [0.25, 0.3) is 0 Å². The van der Waals surface area contributed by atoms with Crippen LogP contribution in [0.2, 0.25) is 0 Å². The summed E-state index contributed by atoms with van der Waals surface area (Å²) in [6.07, 6.45) is 1.18. The van der Waals surface area contributed by atoms with Crippen LogP contribution >= 0.6 is 0 Å². The number of hydrogen-bond donors (Lipinski definition) is 1. The summed E-state index contributed by atoms with van der Waals surface area (Å²) in [6.45, 7) is 8.58. The van der Waals surface area contributed by atoms with Gasteiger partial charge in [-0.1, -0.05) is 19.9 Å². The third-order valence-corrected chi connectivity index (χ3v) is 4.93. The van der Waals surface area contributed by atoms with E-state index in [9.17, 15) is 8.42 Å². The lowest BCUT2D eigenvalue weighted by Crippen LogP contribution is -2.36. The van der Waals surface area contributed by atoms with Crippen molar-refractivity contribution in [1.82, 2.24) is 0 Å². The van der Waals surface area contributed by atoms with Crippen LogP contribution in [-0.2, 0) is 15.4 Å². The molecule has 1 aromatic carbocycles. The average molecular weight is 282 g/mol. The van der Waals surface area contributed by atoms with Gasteiger partial charge in [0.15, 0.2) is 0 Å². The fraction of sp³-hybridized carbons (Fsp3) is 0.571. The van der Waals surface area contributed by atoms with Gasteiger partial charge in [0, 0.05) is 24.2 Å². The molecule has 1 unspecified atom stereocenters. The molecule has 1 aromatic rings. The van der Waals surface area contributed by atoms with Crippen LogP contribution in [0.15, 0.2) is 12.1 Å². The van der Waals surface area contributed by atoms with Crippen molar-refractivity contribution in [2.45, 2.75) is 39.2 Å². The Bertz CT molecular complexity index is 621. The Labute approximate surface area is 115 Å². The first-order chi connectivity index (χ1) is 8.54. The van der Waals surface area contributed by atoms with Crippen molar-refractivity contribution in [2.24, 2.45) is 0 Å². The van der Waals surface area contributed by atoms with Crippen LogP contribution in [0.5, 0.6) is 0 Å². The maximum Gasteiger partial charge on any atom is 0.229 e. The van der Waals surface area contributed by atoms with Crippen LogP contribution in [0, 0.1) is 6.92 Å². The summed E-state index contributed by atoms with van der Waals surface area (Å²) in [4.78, 5) is 2.21. The van der Waals surface area contributed by atoms with E-state index in [2.05, 4.69) is 43.5 Å². The number of hydrogen-bond acceptors (Lipinski definition) is 3. The molecule has 1 aliphatic rings. The number of nitrogens with zero attached hydrogens (tertiary/aromatic N) is 1. The standard InChI is InChI=1S/C14H22N2O2S/c1-9-7-11-13(8-12(9)15-19(6,17)18)16(5)10(2)14(11,3)4/h7-8,10,15H,1-6H3. The molecule has 0 spiro atoms. The first kappa shape index (κ1) is 14.2. The molecule has 1 aliphatic heterocycles. The number of fused-ring (bicyclic) bond motifs is 1. The maximum absolute atomic E-state index is 11.4. The van der Waals surface area contributed by atoms with E-state index >= 15 is 0 Å². The number of rotatable bonds is 2. The zero-order chi connectivity index (χ0) is 14.6. The molecule has 2 rings (SSSR count). The third kappa shape index (κ3) is 2.31. The van der Waals surface area contributed by atoms with Crippen molar-refractivity contribution in [3.63, 3.8) is 0 Å². The maximum atomic E-state index is 11.4. The lowest BCUT2D eigenvalue weighted by atomic mass is 9.81. The summed E-state index contributed by atoms with van der Waals surface area (Å²) in [5.41, 5.74) is 4.07. The minimum absolute atomic E-state index is 0.0679. The molecular formula is C14H22N2O2S. The van der Waals surface area contributed by atoms with Crippen LogP contribution in [0.3, 0.4) is 0 Å². The van der Waals surface area contributed by atoms with Crippen molar-refractivity contribution in [2.75, 3.05) is 22.9 Å². The number of sulfonamides is 1. The van der Waals surface area contributed by atoms with Gasteiger partial charge in [0.2, 0.25) is 10.0 Å². The lowest BCUT2D eigenvalue weighted by Gasteiger charge is -2.28. The summed E-state index contributed by atoms with van der Waals surface area (Å²) >= 11 is 0. The first-order valence-electron chi connectivity index (χ1n) is 6.40. The Hall–Kier alpha value is -1.23. The van der Waals surface area contributed by atoms with Gasteiger partial charge in [0.1, 0.15) is 0 Å². The second-order valence-corrected chi connectivity index (χ2v) is 7.82. The van der Waals surface area contributed by atoms with Crippen molar-refractivity contribution in [3.05, 3.63) is 23.3 Å². The zero-order valence-electron chi connectivity index (χ0n) is 12.4. The predicted molar refractivity (Wildman–Crippen MR) is 80.5 cm³/mol. The Morgan fingerprint density at radius 3 is 2.42 bits per heavy atom. The third-order valence-electron chi connectivity index (χ3n) is 4.34.